The molecule has 17 heavy (non-hydrogen) atoms. The molecular formula is C12H18N2O2S. The Hall–Kier alpha value is -1.33. The van der Waals surface area contributed by atoms with Crippen LogP contribution in [0, 0.1) is 6.92 Å². The van der Waals surface area contributed by atoms with Crippen LogP contribution >= 0.6 is 0 Å². The predicted molar refractivity (Wildman–Crippen MR) is 70.2 cm³/mol. The second-order valence-electron chi connectivity index (χ2n) is 3.92. The molecule has 0 aliphatic rings. The molecule has 0 radical (unpaired) electrons. The summed E-state index contributed by atoms with van der Waals surface area (Å²) in [6, 6.07) is 4.78. The summed E-state index contributed by atoms with van der Waals surface area (Å²) in [7, 11) is -1.89. The molecule has 0 aromatic heterocycles. The number of nitrogen functional groups attached to an aromatic ring is 1. The highest BCUT2D eigenvalue weighted by molar-refractivity contribution is 7.89. The van der Waals surface area contributed by atoms with Gasteiger partial charge in [0.15, 0.2) is 0 Å². The fraction of sp³-hybridized carbons (Fsp3) is 0.333. The van der Waals surface area contributed by atoms with Crippen molar-refractivity contribution in [3.8, 4) is 0 Å². The summed E-state index contributed by atoms with van der Waals surface area (Å²) in [5.41, 5.74) is 7.08. The van der Waals surface area contributed by atoms with Crippen LogP contribution in [-0.4, -0.2) is 26.3 Å². The monoisotopic (exact) mass is 254 g/mol. The first-order valence-corrected chi connectivity index (χ1v) is 6.77. The molecule has 1 rings (SSSR count). The van der Waals surface area contributed by atoms with Crippen molar-refractivity contribution in [3.63, 3.8) is 0 Å². The molecule has 0 bridgehead atoms. The van der Waals surface area contributed by atoms with Crippen molar-refractivity contribution in [1.82, 2.24) is 4.31 Å². The third-order valence-electron chi connectivity index (χ3n) is 2.61. The fourth-order valence-electron chi connectivity index (χ4n) is 1.35. The molecule has 0 saturated heterocycles. The van der Waals surface area contributed by atoms with Crippen molar-refractivity contribution < 1.29 is 8.42 Å². The maximum atomic E-state index is 12.1. The van der Waals surface area contributed by atoms with Crippen LogP contribution < -0.4 is 5.73 Å². The van der Waals surface area contributed by atoms with Crippen molar-refractivity contribution in [1.29, 1.82) is 0 Å². The highest BCUT2D eigenvalue weighted by Crippen LogP contribution is 2.20. The quantitative estimate of drug-likeness (QED) is 0.643. The highest BCUT2D eigenvalue weighted by Gasteiger charge is 2.20. The largest absolute Gasteiger partial charge is 0.398 e. The van der Waals surface area contributed by atoms with Crippen LogP contribution in [0.15, 0.2) is 35.7 Å². The zero-order chi connectivity index (χ0) is 13.1. The second kappa shape index (κ2) is 5.33. The lowest BCUT2D eigenvalue weighted by atomic mass is 10.2. The number of anilines is 1. The summed E-state index contributed by atoms with van der Waals surface area (Å²) < 4.78 is 25.6. The van der Waals surface area contributed by atoms with E-state index in [4.69, 9.17) is 5.73 Å². The molecular weight excluding hydrogens is 236 g/mol. The zero-order valence-corrected chi connectivity index (χ0v) is 11.0. The summed E-state index contributed by atoms with van der Waals surface area (Å²) in [5, 5.41) is 0. The first-order chi connectivity index (χ1) is 7.89. The topological polar surface area (TPSA) is 63.4 Å². The molecule has 0 amide bonds. The number of nitrogens with zero attached hydrogens (tertiary/aromatic N) is 1. The van der Waals surface area contributed by atoms with Gasteiger partial charge in [-0.05, 0) is 31.0 Å². The van der Waals surface area contributed by atoms with Gasteiger partial charge in [-0.1, -0.05) is 12.1 Å². The van der Waals surface area contributed by atoms with Gasteiger partial charge in [-0.25, -0.2) is 12.7 Å². The van der Waals surface area contributed by atoms with Gasteiger partial charge in [-0.15, -0.1) is 6.58 Å². The van der Waals surface area contributed by atoms with Gasteiger partial charge in [-0.3, -0.25) is 0 Å². The molecule has 0 aliphatic heterocycles. The minimum absolute atomic E-state index is 0.229. The number of aryl methyl sites for hydroxylation is 1. The van der Waals surface area contributed by atoms with E-state index in [-0.39, 0.29) is 4.90 Å². The van der Waals surface area contributed by atoms with E-state index in [1.807, 2.05) is 6.92 Å². The Morgan fingerprint density at radius 2 is 2.12 bits per heavy atom. The molecule has 1 aromatic carbocycles. The summed E-state index contributed by atoms with van der Waals surface area (Å²) in [4.78, 5) is 0.229. The van der Waals surface area contributed by atoms with E-state index in [0.29, 0.717) is 18.7 Å². The highest BCUT2D eigenvalue weighted by atomic mass is 32.2. The van der Waals surface area contributed by atoms with Gasteiger partial charge < -0.3 is 5.73 Å². The molecule has 5 heteroatoms. The van der Waals surface area contributed by atoms with Crippen molar-refractivity contribution >= 4 is 15.7 Å². The molecule has 1 aromatic rings. The van der Waals surface area contributed by atoms with Gasteiger partial charge in [-0.2, -0.15) is 0 Å². The van der Waals surface area contributed by atoms with Crippen LogP contribution in [0.2, 0.25) is 0 Å². The standard InChI is InChI=1S/C12H18N2O2S/c1-4-5-8-14(3)17(15,16)11-7-6-10(2)12(13)9-11/h4,6-7,9H,1,5,8,13H2,2-3H3. The minimum Gasteiger partial charge on any atom is -0.398 e. The molecule has 0 fully saturated rings. The molecule has 0 atom stereocenters. The molecule has 2 N–H and O–H groups in total. The van der Waals surface area contributed by atoms with Gasteiger partial charge in [0, 0.05) is 19.3 Å². The second-order valence-corrected chi connectivity index (χ2v) is 5.97. The number of benzene rings is 1. The van der Waals surface area contributed by atoms with E-state index < -0.39 is 10.0 Å². The van der Waals surface area contributed by atoms with Crippen molar-refractivity contribution in [2.75, 3.05) is 19.3 Å². The molecule has 0 saturated carbocycles. The Kier molecular flexibility index (Phi) is 4.31. The Labute approximate surface area is 103 Å². The summed E-state index contributed by atoms with van der Waals surface area (Å²) in [5.74, 6) is 0. The molecule has 94 valence electrons. The zero-order valence-electron chi connectivity index (χ0n) is 10.2. The van der Waals surface area contributed by atoms with E-state index >= 15 is 0 Å². The van der Waals surface area contributed by atoms with Gasteiger partial charge in [0.05, 0.1) is 4.90 Å². The Balaban J connectivity index is 3.04. The number of rotatable bonds is 5. The predicted octanol–water partition coefficient (Wildman–Crippen LogP) is 1.77. The smallest absolute Gasteiger partial charge is 0.242 e. The number of hydrogen-bond acceptors (Lipinski definition) is 3. The molecule has 0 spiro atoms. The van der Waals surface area contributed by atoms with Gasteiger partial charge >= 0.3 is 0 Å². The lowest BCUT2D eigenvalue weighted by Crippen LogP contribution is -2.27. The Morgan fingerprint density at radius 3 is 2.65 bits per heavy atom. The van der Waals surface area contributed by atoms with Crippen LogP contribution in [0.1, 0.15) is 12.0 Å². The van der Waals surface area contributed by atoms with Crippen molar-refractivity contribution in [2.45, 2.75) is 18.2 Å². The lowest BCUT2D eigenvalue weighted by molar-refractivity contribution is 0.475. The van der Waals surface area contributed by atoms with E-state index in [1.54, 1.807) is 25.3 Å². The third-order valence-corrected chi connectivity index (χ3v) is 4.46. The van der Waals surface area contributed by atoms with Crippen molar-refractivity contribution in [3.05, 3.63) is 36.4 Å². The molecule has 0 unspecified atom stereocenters. The number of nitrogens with two attached hydrogens (primary N) is 1. The fourth-order valence-corrected chi connectivity index (χ4v) is 2.57. The first kappa shape index (κ1) is 13.7. The van der Waals surface area contributed by atoms with Crippen LogP contribution in [0.5, 0.6) is 0 Å². The molecule has 0 aliphatic carbocycles. The number of hydrogen-bond donors (Lipinski definition) is 1. The summed E-state index contributed by atoms with van der Waals surface area (Å²) >= 11 is 0. The van der Waals surface area contributed by atoms with E-state index in [1.165, 1.54) is 10.4 Å². The average Bonchev–Trinajstić information content (AvgIpc) is 2.29. The SMILES string of the molecule is C=CCCN(C)S(=O)(=O)c1ccc(C)c(N)c1. The average molecular weight is 254 g/mol. The van der Waals surface area contributed by atoms with Crippen LogP contribution in [0.25, 0.3) is 0 Å². The maximum absolute atomic E-state index is 12.1. The minimum atomic E-state index is -3.44. The maximum Gasteiger partial charge on any atom is 0.242 e. The Morgan fingerprint density at radius 1 is 1.47 bits per heavy atom. The van der Waals surface area contributed by atoms with E-state index in [0.717, 1.165) is 5.56 Å². The van der Waals surface area contributed by atoms with Crippen LogP contribution in [0.4, 0.5) is 5.69 Å². The van der Waals surface area contributed by atoms with E-state index in [2.05, 4.69) is 6.58 Å². The summed E-state index contributed by atoms with van der Waals surface area (Å²) in [6.45, 7) is 5.83. The third kappa shape index (κ3) is 3.08. The molecule has 0 heterocycles. The van der Waals surface area contributed by atoms with E-state index in [9.17, 15) is 8.42 Å². The molecule has 4 nitrogen and oxygen atoms in total. The first-order valence-electron chi connectivity index (χ1n) is 5.33. The van der Waals surface area contributed by atoms with Crippen LogP contribution in [0.3, 0.4) is 0 Å². The lowest BCUT2D eigenvalue weighted by Gasteiger charge is -2.16. The van der Waals surface area contributed by atoms with Gasteiger partial charge in [0.25, 0.3) is 0 Å². The summed E-state index contributed by atoms with van der Waals surface area (Å²) in [6.07, 6.45) is 2.31. The number of sulfonamides is 1. The van der Waals surface area contributed by atoms with Gasteiger partial charge in [0.1, 0.15) is 0 Å². The van der Waals surface area contributed by atoms with Crippen molar-refractivity contribution in [2.24, 2.45) is 0 Å². The Bertz CT molecular complexity index is 509. The van der Waals surface area contributed by atoms with Crippen LogP contribution in [-0.2, 0) is 10.0 Å². The normalized spacial score (nSPS) is 11.7. The van der Waals surface area contributed by atoms with Gasteiger partial charge in [0.2, 0.25) is 10.0 Å².